The number of aryl methyl sites for hydroxylation is 2. The number of nitrogens with zero attached hydrogens (tertiary/aromatic N) is 4. The Hall–Kier alpha value is -8.91. The van der Waals surface area contributed by atoms with Crippen LogP contribution in [0.3, 0.4) is 0 Å². The number of halogens is 1. The Morgan fingerprint density at radius 1 is 0.290 bits per heavy atom. The molecule has 0 bridgehead atoms. The smallest absolute Gasteiger partial charge is 0.165 e. The van der Waals surface area contributed by atoms with Crippen molar-refractivity contribution in [3.05, 3.63) is 197 Å². The number of phenolic OH excluding ortho intramolecular Hbond substituents is 2. The van der Waals surface area contributed by atoms with Gasteiger partial charge in [0, 0.05) is 98.8 Å². The Kier molecular flexibility index (Phi) is 21.3. The Bertz CT molecular complexity index is 4500. The number of methoxy groups -OCH3 is 9. The van der Waals surface area contributed by atoms with Crippen molar-refractivity contribution in [1.29, 1.82) is 0 Å². The Morgan fingerprint density at radius 3 is 0.907 bits per heavy atom. The van der Waals surface area contributed by atoms with E-state index in [-0.39, 0.29) is 29.9 Å². The molecule has 8 aromatic rings. The van der Waals surface area contributed by atoms with Crippen LogP contribution >= 0.6 is 12.4 Å². The fraction of sp³-hybridized carbons (Fsp3) is 0.455. The SMILES string of the molecule is COc1cc2c(cc1C)[C@@H]1Cc3ccc(O)c(OC)c3CN1CC2.COc1cc2c(cc1C)[C@@H]1Cc3ccc(OC4CC4)c(OC)c3CN1CC2.COc1cc2c(cc1O)[C@@H]1Cc3ccc(OC4CC4)c(OC)c3CN1CC2.COc1cc2c(cc1OC)[C@@H]1Cc3ccc(OC4CC4)c(OC)c3CN1CC2.Cl. The van der Waals surface area contributed by atoms with Gasteiger partial charge in [-0.25, -0.2) is 0 Å². The zero-order valence-corrected chi connectivity index (χ0v) is 64.6. The van der Waals surface area contributed by atoms with Gasteiger partial charge in [-0.15, -0.1) is 12.4 Å². The van der Waals surface area contributed by atoms with Gasteiger partial charge in [0.1, 0.15) is 11.5 Å². The predicted octanol–water partition coefficient (Wildman–Crippen LogP) is 15.5. The lowest BCUT2D eigenvalue weighted by Gasteiger charge is -2.42. The van der Waals surface area contributed by atoms with E-state index in [1.54, 1.807) is 70.1 Å². The molecular formula is C88H103ClN4O14. The van der Waals surface area contributed by atoms with Crippen molar-refractivity contribution in [2.24, 2.45) is 0 Å². The highest BCUT2D eigenvalue weighted by molar-refractivity contribution is 5.85. The van der Waals surface area contributed by atoms with Gasteiger partial charge in [0.15, 0.2) is 69.0 Å². The predicted molar refractivity (Wildman–Crippen MR) is 414 cm³/mol. The highest BCUT2D eigenvalue weighted by Gasteiger charge is 2.41. The molecule has 11 aliphatic rings. The first-order chi connectivity index (χ1) is 51.7. The Balaban J connectivity index is 0.000000114. The molecule has 0 saturated heterocycles. The molecule has 3 fully saturated rings. The summed E-state index contributed by atoms with van der Waals surface area (Å²) in [6.45, 7) is 11.8. The molecule has 8 aromatic carbocycles. The Morgan fingerprint density at radius 2 is 0.579 bits per heavy atom. The van der Waals surface area contributed by atoms with Crippen molar-refractivity contribution in [2.45, 2.75) is 172 Å². The third kappa shape index (κ3) is 14.5. The van der Waals surface area contributed by atoms with Gasteiger partial charge >= 0.3 is 0 Å². The van der Waals surface area contributed by atoms with E-state index in [1.165, 1.54) is 94.6 Å². The molecule has 0 spiro atoms. The maximum atomic E-state index is 10.3. The molecule has 2 N–H and O–H groups in total. The van der Waals surface area contributed by atoms with Gasteiger partial charge in [-0.05, 0) is 242 Å². The van der Waals surface area contributed by atoms with Crippen LogP contribution < -0.4 is 56.8 Å². The molecule has 4 atom stereocenters. The summed E-state index contributed by atoms with van der Waals surface area (Å²) in [7, 11) is 15.4. The molecule has 3 aliphatic carbocycles. The van der Waals surface area contributed by atoms with Crippen LogP contribution in [0.5, 0.6) is 80.5 Å². The molecular weight excluding hydrogens is 1370 g/mol. The fourth-order valence-corrected chi connectivity index (χ4v) is 17.9. The van der Waals surface area contributed by atoms with Gasteiger partial charge < -0.3 is 67.1 Å². The molecule has 0 amide bonds. The van der Waals surface area contributed by atoms with Crippen LogP contribution in [0.1, 0.15) is 163 Å². The third-order valence-electron chi connectivity index (χ3n) is 23.9. The number of benzene rings is 8. The van der Waals surface area contributed by atoms with Crippen molar-refractivity contribution < 1.29 is 67.1 Å². The van der Waals surface area contributed by atoms with E-state index < -0.39 is 0 Å². The van der Waals surface area contributed by atoms with Gasteiger partial charge in [0.25, 0.3) is 0 Å². The lowest BCUT2D eigenvalue weighted by atomic mass is 9.83. The topological polar surface area (TPSA) is 164 Å². The molecule has 107 heavy (non-hydrogen) atoms. The summed E-state index contributed by atoms with van der Waals surface area (Å²) >= 11 is 0. The minimum Gasteiger partial charge on any atom is -0.504 e. The van der Waals surface area contributed by atoms with E-state index in [4.69, 9.17) is 56.8 Å². The second kappa shape index (κ2) is 31.0. The normalized spacial score (nSPS) is 20.3. The second-order valence-electron chi connectivity index (χ2n) is 30.3. The van der Waals surface area contributed by atoms with Crippen molar-refractivity contribution in [1.82, 2.24) is 19.6 Å². The van der Waals surface area contributed by atoms with E-state index in [0.717, 1.165) is 205 Å². The second-order valence-corrected chi connectivity index (χ2v) is 30.3. The van der Waals surface area contributed by atoms with Crippen LogP contribution in [-0.2, 0) is 77.5 Å². The summed E-state index contributed by atoms with van der Waals surface area (Å²) in [6.07, 6.45) is 15.9. The first-order valence-corrected chi connectivity index (χ1v) is 38.1. The highest BCUT2D eigenvalue weighted by atomic mass is 35.5. The summed E-state index contributed by atoms with van der Waals surface area (Å²) in [6, 6.07) is 35.4. The summed E-state index contributed by atoms with van der Waals surface area (Å²) in [5, 5.41) is 20.3. The Labute approximate surface area is 636 Å². The molecule has 0 aromatic heterocycles. The van der Waals surface area contributed by atoms with Gasteiger partial charge in [0.05, 0.1) is 82.3 Å². The molecule has 566 valence electrons. The van der Waals surface area contributed by atoms with Crippen molar-refractivity contribution >= 4 is 12.4 Å². The molecule has 18 nitrogen and oxygen atoms in total. The monoisotopic (exact) mass is 1470 g/mol. The number of phenols is 2. The summed E-state index contributed by atoms with van der Waals surface area (Å²) in [4.78, 5) is 10.1. The maximum absolute atomic E-state index is 10.3. The first kappa shape index (κ1) is 73.6. The van der Waals surface area contributed by atoms with Crippen LogP contribution in [-0.4, -0.2) is 138 Å². The average Bonchev–Trinajstić information content (AvgIpc) is 1.75. The largest absolute Gasteiger partial charge is 0.504 e. The quantitative estimate of drug-likeness (QED) is 0.0995. The van der Waals surface area contributed by atoms with Crippen LogP contribution in [0.4, 0.5) is 0 Å². The van der Waals surface area contributed by atoms with Crippen LogP contribution in [0, 0.1) is 13.8 Å². The van der Waals surface area contributed by atoms with Crippen LogP contribution in [0.2, 0.25) is 0 Å². The number of fused-ring (bicyclic) bond motifs is 16. The highest BCUT2D eigenvalue weighted by Crippen LogP contribution is 2.52. The number of ether oxygens (including phenoxy) is 12. The molecule has 0 unspecified atom stereocenters. The first-order valence-electron chi connectivity index (χ1n) is 38.1. The average molecular weight is 1480 g/mol. The van der Waals surface area contributed by atoms with Gasteiger partial charge in [-0.1, -0.05) is 36.4 Å². The number of rotatable bonds is 15. The van der Waals surface area contributed by atoms with Crippen molar-refractivity contribution in [2.75, 3.05) is 90.2 Å². The summed E-state index contributed by atoms with van der Waals surface area (Å²) in [5.41, 5.74) is 23.6. The van der Waals surface area contributed by atoms with E-state index in [2.05, 4.69) is 106 Å². The van der Waals surface area contributed by atoms with Crippen LogP contribution in [0.25, 0.3) is 0 Å². The van der Waals surface area contributed by atoms with Crippen LogP contribution in [0.15, 0.2) is 97.1 Å². The van der Waals surface area contributed by atoms with E-state index in [9.17, 15) is 10.2 Å². The minimum absolute atomic E-state index is 0. The number of hydrogen-bond acceptors (Lipinski definition) is 18. The molecule has 0 radical (unpaired) electrons. The number of hydrogen-bond donors (Lipinski definition) is 2. The molecule has 19 heteroatoms. The molecule has 3 saturated carbocycles. The zero-order valence-electron chi connectivity index (χ0n) is 63.8. The van der Waals surface area contributed by atoms with Gasteiger partial charge in [0.2, 0.25) is 0 Å². The molecule has 8 heterocycles. The minimum atomic E-state index is 0. The van der Waals surface area contributed by atoms with Crippen molar-refractivity contribution in [3.8, 4) is 80.5 Å². The standard InChI is InChI=1S/C23H27NO4.C23H27NO3.C22H25NO4.C20H23NO3.ClH/c1-25-21-11-15-8-9-24-13-18-14(10-19(24)17(15)12-22(21)26-2)4-7-20(23(18)27-3)28-16-5-6-16;1-14-10-18-16(12-22(14)25-2)8-9-24-13-19-15(11-20(18)24)4-7-21(23(19)26-3)27-17-5-6-17;1-25-21-10-14-7-8-23-12-17-13(9-18(23)16(14)11-19(21)24)3-6-20(22(17)26-2)27-15-4-5-15;1-12-8-15-14(10-19(12)23-2)6-7-21-11-16-13(9-17(15)21)4-5-18(22)20(16)24-3;/h4,7,11-12,16,19H,5-6,8-10,13H2,1-3H3;4,7,10,12,17,20H,5-6,8-9,11,13H2,1-3H3;3,6,10-11,15,18,24H,4-5,7-9,12H2,1-2H3;4-5,8,10,17,22H,6-7,9,11H2,1-3H3;1H/t19-;20-;18-;17-;/m0000./s1. The fourth-order valence-electron chi connectivity index (χ4n) is 17.9. The molecule has 8 aliphatic heterocycles. The van der Waals surface area contributed by atoms with E-state index in [1.807, 2.05) is 18.2 Å². The van der Waals surface area contributed by atoms with Gasteiger partial charge in [-0.2, -0.15) is 0 Å². The zero-order chi connectivity index (χ0) is 73.2. The number of aromatic hydroxyl groups is 2. The third-order valence-corrected chi connectivity index (χ3v) is 23.9. The summed E-state index contributed by atoms with van der Waals surface area (Å²) in [5.74, 6) is 10.7. The lowest BCUT2D eigenvalue weighted by molar-refractivity contribution is 0.156. The molecule has 19 rings (SSSR count). The maximum Gasteiger partial charge on any atom is 0.165 e. The van der Waals surface area contributed by atoms with E-state index in [0.29, 0.717) is 47.9 Å². The van der Waals surface area contributed by atoms with Gasteiger partial charge in [-0.3, -0.25) is 19.6 Å². The lowest BCUT2D eigenvalue weighted by Crippen LogP contribution is -2.39. The van der Waals surface area contributed by atoms with E-state index >= 15 is 0 Å². The summed E-state index contributed by atoms with van der Waals surface area (Å²) < 4.78 is 68.4. The van der Waals surface area contributed by atoms with Crippen molar-refractivity contribution in [3.63, 3.8) is 0 Å².